The van der Waals surface area contributed by atoms with E-state index in [0.717, 1.165) is 4.88 Å². The van der Waals surface area contributed by atoms with Gasteiger partial charge in [-0.2, -0.15) is 0 Å². The van der Waals surface area contributed by atoms with E-state index in [0.29, 0.717) is 24.6 Å². The minimum Gasteiger partial charge on any atom is -0.351 e. The zero-order valence-electron chi connectivity index (χ0n) is 9.14. The smallest absolute Gasteiger partial charge is 0.274 e. The van der Waals surface area contributed by atoms with Crippen molar-refractivity contribution in [2.45, 2.75) is 6.42 Å². The third kappa shape index (κ3) is 3.01. The molecule has 0 amide bonds. The second-order valence-electron chi connectivity index (χ2n) is 3.38. The Bertz CT molecular complexity index is 547. The molecule has 0 radical (unpaired) electrons. The van der Waals surface area contributed by atoms with Gasteiger partial charge in [0.2, 0.25) is 5.95 Å². The summed E-state index contributed by atoms with van der Waals surface area (Å²) in [6, 6.07) is 3.91. The van der Waals surface area contributed by atoms with Crippen LogP contribution in [0.2, 0.25) is 0 Å². The fourth-order valence-electron chi connectivity index (χ4n) is 1.30. The molecule has 0 spiro atoms. The van der Waals surface area contributed by atoms with Gasteiger partial charge in [-0.05, 0) is 11.4 Å². The Morgan fingerprint density at radius 2 is 2.41 bits per heavy atom. The number of aromatic nitrogens is 3. The summed E-state index contributed by atoms with van der Waals surface area (Å²) in [4.78, 5) is 15.4. The van der Waals surface area contributed by atoms with E-state index in [9.17, 15) is 4.79 Å². The highest BCUT2D eigenvalue weighted by Crippen LogP contribution is 2.11. The van der Waals surface area contributed by atoms with Crippen molar-refractivity contribution in [2.24, 2.45) is 0 Å². The Morgan fingerprint density at radius 1 is 1.53 bits per heavy atom. The van der Waals surface area contributed by atoms with Crippen LogP contribution in [-0.4, -0.2) is 21.7 Å². The van der Waals surface area contributed by atoms with Crippen LogP contribution < -0.4 is 10.9 Å². The number of hydrogen-bond acceptors (Lipinski definition) is 5. The molecule has 2 aromatic heterocycles. The monoisotopic (exact) mass is 248 g/mol. The van der Waals surface area contributed by atoms with Crippen molar-refractivity contribution in [2.75, 3.05) is 11.9 Å². The van der Waals surface area contributed by atoms with Crippen LogP contribution >= 0.6 is 11.3 Å². The molecule has 6 heteroatoms. The van der Waals surface area contributed by atoms with Crippen LogP contribution in [0.25, 0.3) is 0 Å². The van der Waals surface area contributed by atoms with Crippen LogP contribution in [0.4, 0.5) is 5.95 Å². The number of aromatic amines is 1. The lowest BCUT2D eigenvalue weighted by Crippen LogP contribution is -2.19. The van der Waals surface area contributed by atoms with Crippen LogP contribution in [0.1, 0.15) is 10.6 Å². The standard InChI is InChI=1S/C11H12N4OS/c1-2-5-12-11-13-10(16)9(14-15-11)7-8-4-3-6-17-8/h2-4,6H,1,5,7H2,(H2,12,13,15,16). The zero-order valence-corrected chi connectivity index (χ0v) is 9.96. The summed E-state index contributed by atoms with van der Waals surface area (Å²) in [5, 5.41) is 12.7. The topological polar surface area (TPSA) is 70.7 Å². The lowest BCUT2D eigenvalue weighted by Gasteiger charge is -2.01. The first-order valence-electron chi connectivity index (χ1n) is 5.12. The van der Waals surface area contributed by atoms with Crippen LogP contribution in [0.15, 0.2) is 35.0 Å². The van der Waals surface area contributed by atoms with Crippen molar-refractivity contribution in [1.82, 2.24) is 15.2 Å². The molecule has 0 saturated carbocycles. The average Bonchev–Trinajstić information content (AvgIpc) is 2.82. The van der Waals surface area contributed by atoms with E-state index < -0.39 is 0 Å². The maximum atomic E-state index is 11.7. The lowest BCUT2D eigenvalue weighted by atomic mass is 10.3. The Kier molecular flexibility index (Phi) is 3.66. The molecule has 5 nitrogen and oxygen atoms in total. The maximum absolute atomic E-state index is 11.7. The zero-order chi connectivity index (χ0) is 12.1. The normalized spacial score (nSPS) is 10.1. The van der Waals surface area contributed by atoms with Gasteiger partial charge in [-0.1, -0.05) is 12.1 Å². The largest absolute Gasteiger partial charge is 0.351 e. The number of nitrogens with zero attached hydrogens (tertiary/aromatic N) is 2. The van der Waals surface area contributed by atoms with Crippen molar-refractivity contribution >= 4 is 17.3 Å². The third-order valence-electron chi connectivity index (χ3n) is 2.10. The minimum atomic E-state index is -0.208. The number of H-pyrrole nitrogens is 1. The van der Waals surface area contributed by atoms with Gasteiger partial charge in [-0.25, -0.2) is 0 Å². The van der Waals surface area contributed by atoms with Gasteiger partial charge in [0.25, 0.3) is 5.56 Å². The molecule has 2 aromatic rings. The summed E-state index contributed by atoms with van der Waals surface area (Å²) < 4.78 is 0. The van der Waals surface area contributed by atoms with Crippen molar-refractivity contribution in [3.05, 3.63) is 51.1 Å². The molecule has 0 fully saturated rings. The summed E-state index contributed by atoms with van der Waals surface area (Å²) in [6.07, 6.45) is 2.20. The van der Waals surface area contributed by atoms with Gasteiger partial charge < -0.3 is 5.32 Å². The van der Waals surface area contributed by atoms with Gasteiger partial charge >= 0.3 is 0 Å². The number of rotatable bonds is 5. The van der Waals surface area contributed by atoms with E-state index in [1.165, 1.54) is 0 Å². The molecular weight excluding hydrogens is 236 g/mol. The highest BCUT2D eigenvalue weighted by molar-refractivity contribution is 7.09. The van der Waals surface area contributed by atoms with Crippen molar-refractivity contribution < 1.29 is 0 Å². The molecule has 0 saturated heterocycles. The third-order valence-corrected chi connectivity index (χ3v) is 2.98. The molecule has 0 atom stereocenters. The van der Waals surface area contributed by atoms with Gasteiger partial charge in [0.05, 0.1) is 0 Å². The molecule has 0 aliphatic heterocycles. The number of hydrogen-bond donors (Lipinski definition) is 2. The second-order valence-corrected chi connectivity index (χ2v) is 4.41. The quantitative estimate of drug-likeness (QED) is 0.785. The Labute approximate surface area is 102 Å². The molecule has 2 N–H and O–H groups in total. The summed E-state index contributed by atoms with van der Waals surface area (Å²) in [7, 11) is 0. The molecule has 17 heavy (non-hydrogen) atoms. The van der Waals surface area contributed by atoms with Crippen LogP contribution in [-0.2, 0) is 6.42 Å². The first-order valence-corrected chi connectivity index (χ1v) is 6.00. The molecule has 2 rings (SSSR count). The van der Waals surface area contributed by atoms with Gasteiger partial charge in [-0.3, -0.25) is 9.78 Å². The first-order chi connectivity index (χ1) is 8.29. The van der Waals surface area contributed by atoms with E-state index in [-0.39, 0.29) is 5.56 Å². The van der Waals surface area contributed by atoms with E-state index in [1.54, 1.807) is 17.4 Å². The van der Waals surface area contributed by atoms with E-state index in [1.807, 2.05) is 17.5 Å². The Balaban J connectivity index is 2.14. The highest BCUT2D eigenvalue weighted by atomic mass is 32.1. The predicted molar refractivity (Wildman–Crippen MR) is 68.5 cm³/mol. The molecular formula is C11H12N4OS. The number of nitrogens with one attached hydrogen (secondary N) is 2. The number of thiophene rings is 1. The van der Waals surface area contributed by atoms with Gasteiger partial charge in [-0.15, -0.1) is 28.1 Å². The average molecular weight is 248 g/mol. The van der Waals surface area contributed by atoms with Gasteiger partial charge in [0, 0.05) is 17.8 Å². The Hall–Kier alpha value is -1.95. The first kappa shape index (κ1) is 11.5. The molecule has 0 bridgehead atoms. The SMILES string of the molecule is C=CCNc1nnc(Cc2cccs2)c(=O)[nH]1. The molecule has 0 aliphatic rings. The highest BCUT2D eigenvalue weighted by Gasteiger charge is 2.05. The minimum absolute atomic E-state index is 0.208. The van der Waals surface area contributed by atoms with E-state index >= 15 is 0 Å². The van der Waals surface area contributed by atoms with Gasteiger partial charge in [0.1, 0.15) is 5.69 Å². The second kappa shape index (κ2) is 5.40. The summed E-state index contributed by atoms with van der Waals surface area (Å²) in [5.41, 5.74) is 0.219. The van der Waals surface area contributed by atoms with Crippen LogP contribution in [0.5, 0.6) is 0 Å². The Morgan fingerprint density at radius 3 is 3.06 bits per heavy atom. The van der Waals surface area contributed by atoms with E-state index in [2.05, 4.69) is 27.1 Å². The predicted octanol–water partition coefficient (Wildman–Crippen LogP) is 1.42. The van der Waals surface area contributed by atoms with Crippen molar-refractivity contribution in [3.8, 4) is 0 Å². The summed E-state index contributed by atoms with van der Waals surface area (Å²) >= 11 is 1.60. The molecule has 0 aliphatic carbocycles. The molecule has 0 aromatic carbocycles. The lowest BCUT2D eigenvalue weighted by molar-refractivity contribution is 0.871. The van der Waals surface area contributed by atoms with E-state index in [4.69, 9.17) is 0 Å². The fourth-order valence-corrected chi connectivity index (χ4v) is 2.01. The summed E-state index contributed by atoms with van der Waals surface area (Å²) in [6.45, 7) is 4.10. The van der Waals surface area contributed by atoms with Crippen LogP contribution in [0, 0.1) is 0 Å². The van der Waals surface area contributed by atoms with Gasteiger partial charge in [0.15, 0.2) is 0 Å². The fraction of sp³-hybridized carbons (Fsp3) is 0.182. The molecule has 88 valence electrons. The maximum Gasteiger partial charge on any atom is 0.274 e. The van der Waals surface area contributed by atoms with Crippen LogP contribution in [0.3, 0.4) is 0 Å². The van der Waals surface area contributed by atoms with Crippen molar-refractivity contribution in [3.63, 3.8) is 0 Å². The summed E-state index contributed by atoms with van der Waals surface area (Å²) in [5.74, 6) is 0.366. The molecule has 0 unspecified atom stereocenters. The number of anilines is 1. The van der Waals surface area contributed by atoms with Crippen molar-refractivity contribution in [1.29, 1.82) is 0 Å². The molecule has 2 heterocycles.